The number of anilines is 2. The fourth-order valence-electron chi connectivity index (χ4n) is 4.19. The summed E-state index contributed by atoms with van der Waals surface area (Å²) in [6, 6.07) is 22.1. The summed E-state index contributed by atoms with van der Waals surface area (Å²) in [5.74, 6) is -1.33. The third kappa shape index (κ3) is 5.59. The lowest BCUT2D eigenvalue weighted by molar-refractivity contribution is -0.118. The zero-order chi connectivity index (χ0) is 25.6. The number of ether oxygens (including phenoxy) is 1. The van der Waals surface area contributed by atoms with Gasteiger partial charge in [0.2, 0.25) is 0 Å². The van der Waals surface area contributed by atoms with Crippen molar-refractivity contribution in [3.63, 3.8) is 0 Å². The van der Waals surface area contributed by atoms with Gasteiger partial charge in [-0.3, -0.25) is 14.6 Å². The first-order valence-corrected chi connectivity index (χ1v) is 12.0. The number of aromatic nitrogens is 1. The summed E-state index contributed by atoms with van der Waals surface area (Å²) in [6.45, 7) is 0.676. The van der Waals surface area contributed by atoms with Crippen molar-refractivity contribution >= 4 is 34.1 Å². The standard InChI is InChI=1S/C29H25FN4O3/c30-22-18-20(13-14-26(22)37-25-15-17-32-23-11-5-4-10-21(23)25)34-29(36)27(24-12-6-7-16-31-24)28(35)33-19-8-2-1-3-9-19/h1-5,8-11,13-15,17-18,31H,6-7,12,16H2,(H,33,35)(H,34,36)/b27-24+. The maximum atomic E-state index is 15.0. The lowest BCUT2D eigenvalue weighted by Crippen LogP contribution is -2.32. The van der Waals surface area contributed by atoms with E-state index >= 15 is 0 Å². The van der Waals surface area contributed by atoms with Gasteiger partial charge in [-0.05, 0) is 61.7 Å². The van der Waals surface area contributed by atoms with Crippen molar-refractivity contribution < 1.29 is 18.7 Å². The maximum absolute atomic E-state index is 15.0. The molecule has 1 fully saturated rings. The number of carbonyl (C=O) groups is 2. The largest absolute Gasteiger partial charge is 0.454 e. The molecule has 0 spiro atoms. The smallest absolute Gasteiger partial charge is 0.263 e. The highest BCUT2D eigenvalue weighted by Gasteiger charge is 2.25. The number of nitrogens with zero attached hydrogens (tertiary/aromatic N) is 1. The summed E-state index contributed by atoms with van der Waals surface area (Å²) >= 11 is 0. The van der Waals surface area contributed by atoms with Crippen molar-refractivity contribution in [3.8, 4) is 11.5 Å². The summed E-state index contributed by atoms with van der Waals surface area (Å²) in [4.78, 5) is 30.6. The molecule has 0 bridgehead atoms. The van der Waals surface area contributed by atoms with E-state index in [-0.39, 0.29) is 17.0 Å². The van der Waals surface area contributed by atoms with Crippen molar-refractivity contribution in [1.29, 1.82) is 0 Å². The zero-order valence-electron chi connectivity index (χ0n) is 20.0. The van der Waals surface area contributed by atoms with E-state index in [1.54, 1.807) is 36.5 Å². The van der Waals surface area contributed by atoms with Gasteiger partial charge in [0.1, 0.15) is 11.3 Å². The second kappa shape index (κ2) is 10.9. The number of fused-ring (bicyclic) bond motifs is 1. The van der Waals surface area contributed by atoms with Gasteiger partial charge in [-0.15, -0.1) is 0 Å². The van der Waals surface area contributed by atoms with E-state index in [1.807, 2.05) is 30.3 Å². The minimum atomic E-state index is -0.655. The molecular formula is C29H25FN4O3. The highest BCUT2D eigenvalue weighted by atomic mass is 19.1. The molecule has 1 aliphatic heterocycles. The van der Waals surface area contributed by atoms with Crippen molar-refractivity contribution in [2.45, 2.75) is 19.3 Å². The Balaban J connectivity index is 1.36. The van der Waals surface area contributed by atoms with E-state index in [0.717, 1.165) is 23.7 Å². The summed E-state index contributed by atoms with van der Waals surface area (Å²) < 4.78 is 20.8. The Labute approximate surface area is 213 Å². The van der Waals surface area contributed by atoms with E-state index in [2.05, 4.69) is 20.9 Å². The number of allylic oxidation sites excluding steroid dienone is 1. The second-order valence-electron chi connectivity index (χ2n) is 8.59. The minimum absolute atomic E-state index is 0.00342. The molecule has 5 rings (SSSR count). The van der Waals surface area contributed by atoms with Crippen molar-refractivity contribution in [3.05, 3.63) is 102 Å². The molecule has 2 heterocycles. The molecule has 3 N–H and O–H groups in total. The second-order valence-corrected chi connectivity index (χ2v) is 8.59. The number of hydrogen-bond donors (Lipinski definition) is 3. The van der Waals surface area contributed by atoms with Crippen LogP contribution in [0.4, 0.5) is 15.8 Å². The minimum Gasteiger partial charge on any atom is -0.454 e. The number of para-hydroxylation sites is 2. The third-order valence-corrected chi connectivity index (χ3v) is 6.00. The van der Waals surface area contributed by atoms with Gasteiger partial charge in [0, 0.05) is 41.3 Å². The van der Waals surface area contributed by atoms with Gasteiger partial charge in [-0.2, -0.15) is 0 Å². The SMILES string of the molecule is O=C(Nc1ccccc1)/C(C(=O)Nc1ccc(Oc2ccnc3ccccc23)c(F)c1)=C1/CCCCN1. The number of hydrogen-bond acceptors (Lipinski definition) is 5. The quantitative estimate of drug-likeness (QED) is 0.179. The molecule has 1 aliphatic rings. The number of amides is 2. The number of carbonyl (C=O) groups excluding carboxylic acids is 2. The van der Waals surface area contributed by atoms with Crippen molar-refractivity contribution in [1.82, 2.24) is 10.3 Å². The Bertz CT molecular complexity index is 1470. The highest BCUT2D eigenvalue weighted by molar-refractivity contribution is 6.26. The predicted molar refractivity (Wildman–Crippen MR) is 141 cm³/mol. The highest BCUT2D eigenvalue weighted by Crippen LogP contribution is 2.31. The van der Waals surface area contributed by atoms with Gasteiger partial charge < -0.3 is 20.7 Å². The van der Waals surface area contributed by atoms with Crippen LogP contribution in [-0.4, -0.2) is 23.3 Å². The molecule has 0 saturated carbocycles. The average molecular weight is 497 g/mol. The fourth-order valence-corrected chi connectivity index (χ4v) is 4.19. The first kappa shape index (κ1) is 24.0. The molecule has 37 heavy (non-hydrogen) atoms. The molecule has 4 aromatic rings. The van der Waals surface area contributed by atoms with Crippen LogP contribution in [0.3, 0.4) is 0 Å². The van der Waals surface area contributed by atoms with Crippen LogP contribution in [0, 0.1) is 5.82 Å². The molecular weight excluding hydrogens is 471 g/mol. The molecule has 7 nitrogen and oxygen atoms in total. The summed E-state index contributed by atoms with van der Waals surface area (Å²) in [5.41, 5.74) is 2.06. The normalized spacial score (nSPS) is 14.4. The molecule has 0 atom stereocenters. The molecule has 8 heteroatoms. The van der Waals surface area contributed by atoms with Crippen molar-refractivity contribution in [2.75, 3.05) is 17.2 Å². The van der Waals surface area contributed by atoms with Gasteiger partial charge >= 0.3 is 0 Å². The summed E-state index contributed by atoms with van der Waals surface area (Å²) in [7, 11) is 0. The Morgan fingerprint density at radius 1 is 0.838 bits per heavy atom. The van der Waals surface area contributed by atoms with Gasteiger partial charge in [0.05, 0.1) is 5.52 Å². The van der Waals surface area contributed by atoms with Crippen LogP contribution < -0.4 is 20.7 Å². The van der Waals surface area contributed by atoms with Crippen LogP contribution in [0.5, 0.6) is 11.5 Å². The molecule has 1 saturated heterocycles. The van der Waals surface area contributed by atoms with E-state index in [4.69, 9.17) is 4.74 Å². The zero-order valence-corrected chi connectivity index (χ0v) is 20.0. The van der Waals surface area contributed by atoms with E-state index < -0.39 is 17.6 Å². The predicted octanol–water partition coefficient (Wildman–Crippen LogP) is 5.77. The summed E-state index contributed by atoms with van der Waals surface area (Å²) in [6.07, 6.45) is 3.99. The monoisotopic (exact) mass is 496 g/mol. The summed E-state index contributed by atoms with van der Waals surface area (Å²) in [5, 5.41) is 9.36. The van der Waals surface area contributed by atoms with E-state index in [9.17, 15) is 14.0 Å². The fraction of sp³-hybridized carbons (Fsp3) is 0.138. The number of halogens is 1. The number of pyridine rings is 1. The molecule has 2 amide bonds. The van der Waals surface area contributed by atoms with Crippen LogP contribution >= 0.6 is 0 Å². The molecule has 1 aromatic heterocycles. The van der Waals surface area contributed by atoms with Gasteiger partial charge in [-0.1, -0.05) is 30.3 Å². The number of piperidine rings is 1. The first-order valence-electron chi connectivity index (χ1n) is 12.0. The van der Waals surface area contributed by atoms with Crippen LogP contribution in [-0.2, 0) is 9.59 Å². The van der Waals surface area contributed by atoms with Crippen molar-refractivity contribution in [2.24, 2.45) is 0 Å². The lowest BCUT2D eigenvalue weighted by atomic mass is 10.0. The van der Waals surface area contributed by atoms with Crippen LogP contribution in [0.15, 0.2) is 96.3 Å². The molecule has 3 aromatic carbocycles. The molecule has 0 aliphatic carbocycles. The molecule has 0 radical (unpaired) electrons. The van der Waals surface area contributed by atoms with Crippen LogP contribution in [0.1, 0.15) is 19.3 Å². The molecule has 186 valence electrons. The van der Waals surface area contributed by atoms with Crippen LogP contribution in [0.25, 0.3) is 10.9 Å². The number of benzene rings is 3. The molecule has 0 unspecified atom stereocenters. The average Bonchev–Trinajstić information content (AvgIpc) is 2.92. The lowest BCUT2D eigenvalue weighted by Gasteiger charge is -2.21. The Hall–Kier alpha value is -4.72. The Morgan fingerprint density at radius 3 is 2.35 bits per heavy atom. The number of rotatable bonds is 6. The Morgan fingerprint density at radius 2 is 1.59 bits per heavy atom. The Kier molecular flexibility index (Phi) is 7.07. The number of nitrogens with one attached hydrogen (secondary N) is 3. The first-order chi connectivity index (χ1) is 18.1. The van der Waals surface area contributed by atoms with E-state index in [0.29, 0.717) is 30.1 Å². The van der Waals surface area contributed by atoms with Crippen LogP contribution in [0.2, 0.25) is 0 Å². The van der Waals surface area contributed by atoms with Gasteiger partial charge in [-0.25, -0.2) is 4.39 Å². The topological polar surface area (TPSA) is 92.4 Å². The maximum Gasteiger partial charge on any atom is 0.263 e. The van der Waals surface area contributed by atoms with E-state index in [1.165, 1.54) is 18.2 Å². The van der Waals surface area contributed by atoms with Gasteiger partial charge in [0.15, 0.2) is 11.6 Å². The third-order valence-electron chi connectivity index (χ3n) is 6.00. The van der Waals surface area contributed by atoms with Gasteiger partial charge in [0.25, 0.3) is 11.8 Å².